The Kier molecular flexibility index (Phi) is 6.39. The number of amides is 2. The van der Waals surface area contributed by atoms with Gasteiger partial charge in [0.15, 0.2) is 11.2 Å². The van der Waals surface area contributed by atoms with Crippen LogP contribution >= 0.6 is 34.5 Å². The van der Waals surface area contributed by atoms with Crippen LogP contribution in [-0.2, 0) is 9.59 Å². The van der Waals surface area contributed by atoms with E-state index in [-0.39, 0.29) is 11.8 Å². The molecule has 0 saturated heterocycles. The molecule has 3 rings (SSSR count). The van der Waals surface area contributed by atoms with Gasteiger partial charge in [-0.3, -0.25) is 9.59 Å². The Morgan fingerprint density at radius 3 is 2.68 bits per heavy atom. The van der Waals surface area contributed by atoms with Crippen LogP contribution in [0.4, 0.5) is 10.8 Å². The molecule has 1 aromatic heterocycles. The van der Waals surface area contributed by atoms with Crippen LogP contribution in [0.3, 0.4) is 0 Å². The van der Waals surface area contributed by atoms with Crippen molar-refractivity contribution in [1.29, 1.82) is 0 Å². The van der Waals surface area contributed by atoms with Gasteiger partial charge in [0.2, 0.25) is 5.91 Å². The summed E-state index contributed by atoms with van der Waals surface area (Å²) in [6, 6.07) is 10.1. The van der Waals surface area contributed by atoms with Gasteiger partial charge in [0, 0.05) is 17.1 Å². The standard InChI is InChI=1S/C19H17Cl2N3O3S/c1-3-17(25)24-19-23-14-6-5-12(9-16(14)28-19)22-18(26)10(2)27-15-7-4-11(20)8-13(15)21/h4-10H,3H2,1-2H3,(H,22,26)(H,23,24,25). The number of anilines is 2. The van der Waals surface area contributed by atoms with E-state index in [4.69, 9.17) is 27.9 Å². The average molecular weight is 438 g/mol. The molecule has 0 spiro atoms. The van der Waals surface area contributed by atoms with Crippen LogP contribution in [0.25, 0.3) is 10.2 Å². The summed E-state index contributed by atoms with van der Waals surface area (Å²) in [5.74, 6) is -0.0447. The van der Waals surface area contributed by atoms with E-state index in [1.807, 2.05) is 0 Å². The number of nitrogens with zero attached hydrogens (tertiary/aromatic N) is 1. The van der Waals surface area contributed by atoms with Crippen molar-refractivity contribution in [2.45, 2.75) is 26.4 Å². The van der Waals surface area contributed by atoms with Gasteiger partial charge in [0.1, 0.15) is 5.75 Å². The topological polar surface area (TPSA) is 80.3 Å². The summed E-state index contributed by atoms with van der Waals surface area (Å²) in [5, 5.41) is 6.89. The Hall–Kier alpha value is -2.35. The fourth-order valence-corrected chi connectivity index (χ4v) is 3.70. The molecule has 2 amide bonds. The molecule has 0 aliphatic carbocycles. The van der Waals surface area contributed by atoms with Crippen LogP contribution < -0.4 is 15.4 Å². The van der Waals surface area contributed by atoms with Gasteiger partial charge in [0.05, 0.1) is 15.2 Å². The van der Waals surface area contributed by atoms with E-state index in [9.17, 15) is 9.59 Å². The monoisotopic (exact) mass is 437 g/mol. The van der Waals surface area contributed by atoms with Crippen molar-refractivity contribution in [2.75, 3.05) is 10.6 Å². The van der Waals surface area contributed by atoms with Crippen molar-refractivity contribution in [3.63, 3.8) is 0 Å². The minimum Gasteiger partial charge on any atom is -0.479 e. The van der Waals surface area contributed by atoms with Crippen molar-refractivity contribution >= 4 is 67.4 Å². The van der Waals surface area contributed by atoms with Crippen LogP contribution in [0.5, 0.6) is 5.75 Å². The molecule has 2 N–H and O–H groups in total. The fourth-order valence-electron chi connectivity index (χ4n) is 2.32. The highest BCUT2D eigenvalue weighted by atomic mass is 35.5. The molecule has 9 heteroatoms. The second kappa shape index (κ2) is 8.77. The minimum absolute atomic E-state index is 0.0978. The molecule has 2 aromatic carbocycles. The third kappa shape index (κ3) is 4.92. The Bertz CT molecular complexity index is 1040. The number of nitrogens with one attached hydrogen (secondary N) is 2. The maximum Gasteiger partial charge on any atom is 0.265 e. The number of fused-ring (bicyclic) bond motifs is 1. The molecule has 0 aliphatic rings. The van der Waals surface area contributed by atoms with E-state index in [0.29, 0.717) is 33.0 Å². The summed E-state index contributed by atoms with van der Waals surface area (Å²) >= 11 is 13.3. The molecule has 0 aliphatic heterocycles. The lowest BCUT2D eigenvalue weighted by atomic mass is 10.2. The first kappa shape index (κ1) is 20.4. The highest BCUT2D eigenvalue weighted by molar-refractivity contribution is 7.22. The van der Waals surface area contributed by atoms with Gasteiger partial charge in [-0.15, -0.1) is 0 Å². The average Bonchev–Trinajstić information content (AvgIpc) is 3.05. The summed E-state index contributed by atoms with van der Waals surface area (Å²) in [4.78, 5) is 28.3. The van der Waals surface area contributed by atoms with Crippen molar-refractivity contribution < 1.29 is 14.3 Å². The highest BCUT2D eigenvalue weighted by Crippen LogP contribution is 2.30. The molecule has 0 saturated carbocycles. The molecule has 1 heterocycles. The predicted molar refractivity (Wildman–Crippen MR) is 114 cm³/mol. The van der Waals surface area contributed by atoms with Crippen LogP contribution in [0, 0.1) is 0 Å². The zero-order valence-electron chi connectivity index (χ0n) is 15.1. The molecule has 6 nitrogen and oxygen atoms in total. The number of carbonyl (C=O) groups is 2. The molecule has 1 atom stereocenters. The maximum atomic E-state index is 12.4. The van der Waals surface area contributed by atoms with Gasteiger partial charge < -0.3 is 15.4 Å². The van der Waals surface area contributed by atoms with E-state index in [2.05, 4.69) is 15.6 Å². The van der Waals surface area contributed by atoms with Gasteiger partial charge in [-0.05, 0) is 43.3 Å². The van der Waals surface area contributed by atoms with Gasteiger partial charge in [-0.2, -0.15) is 0 Å². The van der Waals surface area contributed by atoms with E-state index in [1.165, 1.54) is 11.3 Å². The van der Waals surface area contributed by atoms with Crippen LogP contribution in [0.2, 0.25) is 10.0 Å². The number of aromatic nitrogens is 1. The smallest absolute Gasteiger partial charge is 0.265 e. The molecule has 0 bridgehead atoms. The molecule has 3 aromatic rings. The molecule has 0 radical (unpaired) electrons. The maximum absolute atomic E-state index is 12.4. The lowest BCUT2D eigenvalue weighted by Crippen LogP contribution is -2.30. The van der Waals surface area contributed by atoms with E-state index in [0.717, 1.165) is 10.2 Å². The lowest BCUT2D eigenvalue weighted by molar-refractivity contribution is -0.122. The minimum atomic E-state index is -0.768. The third-order valence-electron chi connectivity index (χ3n) is 3.79. The van der Waals surface area contributed by atoms with Crippen LogP contribution in [0.15, 0.2) is 36.4 Å². The van der Waals surface area contributed by atoms with Crippen molar-refractivity contribution in [2.24, 2.45) is 0 Å². The second-order valence-electron chi connectivity index (χ2n) is 5.93. The number of hydrogen-bond acceptors (Lipinski definition) is 5. The summed E-state index contributed by atoms with van der Waals surface area (Å²) in [6.45, 7) is 3.40. The number of benzene rings is 2. The van der Waals surface area contributed by atoms with Gasteiger partial charge in [-0.1, -0.05) is 41.5 Å². The van der Waals surface area contributed by atoms with Crippen molar-refractivity contribution in [1.82, 2.24) is 4.98 Å². The first-order chi connectivity index (χ1) is 13.4. The molecule has 1 unspecified atom stereocenters. The summed E-state index contributed by atoms with van der Waals surface area (Å²) in [5.41, 5.74) is 1.35. The summed E-state index contributed by atoms with van der Waals surface area (Å²) in [6.07, 6.45) is -0.387. The Morgan fingerprint density at radius 2 is 1.96 bits per heavy atom. The summed E-state index contributed by atoms with van der Waals surface area (Å²) in [7, 11) is 0. The molecule has 146 valence electrons. The zero-order chi connectivity index (χ0) is 20.3. The van der Waals surface area contributed by atoms with Crippen LogP contribution in [-0.4, -0.2) is 22.9 Å². The normalized spacial score (nSPS) is 11.9. The fraction of sp³-hybridized carbons (Fsp3) is 0.211. The predicted octanol–water partition coefficient (Wildman–Crippen LogP) is 5.36. The van der Waals surface area contributed by atoms with Crippen LogP contribution in [0.1, 0.15) is 20.3 Å². The lowest BCUT2D eigenvalue weighted by Gasteiger charge is -2.15. The van der Waals surface area contributed by atoms with E-state index >= 15 is 0 Å². The SMILES string of the molecule is CCC(=O)Nc1nc2ccc(NC(=O)C(C)Oc3ccc(Cl)cc3Cl)cc2s1. The summed E-state index contributed by atoms with van der Waals surface area (Å²) < 4.78 is 6.47. The molecular formula is C19H17Cl2N3O3S. The quantitative estimate of drug-likeness (QED) is 0.543. The van der Waals surface area contributed by atoms with E-state index in [1.54, 1.807) is 50.2 Å². The Morgan fingerprint density at radius 1 is 1.18 bits per heavy atom. The number of halogens is 2. The number of carbonyl (C=O) groups excluding carboxylic acids is 2. The van der Waals surface area contributed by atoms with Crippen molar-refractivity contribution in [3.8, 4) is 5.75 Å². The Balaban J connectivity index is 1.68. The number of rotatable bonds is 6. The largest absolute Gasteiger partial charge is 0.479 e. The van der Waals surface area contributed by atoms with Gasteiger partial charge in [-0.25, -0.2) is 4.98 Å². The number of thiazole rings is 1. The molecule has 0 fully saturated rings. The molecule has 28 heavy (non-hydrogen) atoms. The first-order valence-corrected chi connectivity index (χ1v) is 10.1. The highest BCUT2D eigenvalue weighted by Gasteiger charge is 2.17. The number of ether oxygens (including phenoxy) is 1. The van der Waals surface area contributed by atoms with Gasteiger partial charge in [0.25, 0.3) is 5.91 Å². The first-order valence-electron chi connectivity index (χ1n) is 8.48. The number of hydrogen-bond donors (Lipinski definition) is 2. The Labute approximate surface area is 175 Å². The van der Waals surface area contributed by atoms with E-state index < -0.39 is 6.10 Å². The third-order valence-corrected chi connectivity index (χ3v) is 5.25. The molecular weight excluding hydrogens is 421 g/mol. The van der Waals surface area contributed by atoms with Gasteiger partial charge >= 0.3 is 0 Å². The zero-order valence-corrected chi connectivity index (χ0v) is 17.4. The second-order valence-corrected chi connectivity index (χ2v) is 7.80. The van der Waals surface area contributed by atoms with Crippen molar-refractivity contribution in [3.05, 3.63) is 46.4 Å².